The molecule has 2 aromatic carbocycles. The van der Waals surface area contributed by atoms with Crippen molar-refractivity contribution in [1.82, 2.24) is 4.98 Å². The number of nitrogens with zero attached hydrogens (tertiary/aromatic N) is 3. The molecule has 1 unspecified atom stereocenters. The minimum absolute atomic E-state index is 0.0762. The largest absolute Gasteiger partial charge is 0.486 e. The smallest absolute Gasteiger partial charge is 0.326 e. The topological polar surface area (TPSA) is 74.8 Å². The molecular formula is C29H32N4O3. The van der Waals surface area contributed by atoms with Gasteiger partial charge in [0.2, 0.25) is 0 Å². The highest BCUT2D eigenvalue weighted by Gasteiger charge is 2.29. The lowest BCUT2D eigenvalue weighted by atomic mass is 9.93. The number of ketones is 1. The summed E-state index contributed by atoms with van der Waals surface area (Å²) in [4.78, 5) is 33.5. The van der Waals surface area contributed by atoms with Crippen LogP contribution in [0.2, 0.25) is 0 Å². The number of hydrogen-bond donors (Lipinski definition) is 1. The molecule has 7 nitrogen and oxygen atoms in total. The summed E-state index contributed by atoms with van der Waals surface area (Å²) in [6, 6.07) is 19.4. The van der Waals surface area contributed by atoms with Gasteiger partial charge in [0.15, 0.2) is 0 Å². The number of pyridine rings is 1. The number of ether oxygens (including phenoxy) is 1. The maximum atomic E-state index is 13.1. The van der Waals surface area contributed by atoms with E-state index in [1.807, 2.05) is 60.8 Å². The van der Waals surface area contributed by atoms with Crippen LogP contribution < -0.4 is 19.9 Å². The Morgan fingerprint density at radius 2 is 1.78 bits per heavy atom. The van der Waals surface area contributed by atoms with Gasteiger partial charge in [-0.25, -0.2) is 9.78 Å². The van der Waals surface area contributed by atoms with Gasteiger partial charge in [0.25, 0.3) is 0 Å². The van der Waals surface area contributed by atoms with Gasteiger partial charge < -0.3 is 15.0 Å². The number of piperidine rings is 1. The minimum Gasteiger partial charge on any atom is -0.486 e. The van der Waals surface area contributed by atoms with Crippen LogP contribution in [0.1, 0.15) is 33.1 Å². The number of rotatable bonds is 5. The second kappa shape index (κ2) is 10.4. The van der Waals surface area contributed by atoms with Gasteiger partial charge in [0, 0.05) is 36.5 Å². The number of amides is 2. The Bertz CT molecular complexity index is 1220. The Balaban J connectivity index is 1.33. The number of urea groups is 1. The molecule has 7 heteroatoms. The molecule has 2 amide bonds. The first-order valence-electron chi connectivity index (χ1n) is 12.7. The monoisotopic (exact) mass is 484 g/mol. The quantitative estimate of drug-likeness (QED) is 0.498. The van der Waals surface area contributed by atoms with Crippen LogP contribution in [0.5, 0.6) is 5.75 Å². The lowest BCUT2D eigenvalue weighted by Crippen LogP contribution is -2.45. The Kier molecular flexibility index (Phi) is 6.89. The summed E-state index contributed by atoms with van der Waals surface area (Å²) in [6.45, 7) is 5.95. The molecule has 0 radical (unpaired) electrons. The fraction of sp³-hybridized carbons (Fsp3) is 0.345. The van der Waals surface area contributed by atoms with Gasteiger partial charge >= 0.3 is 6.03 Å². The van der Waals surface area contributed by atoms with Crippen molar-refractivity contribution in [3.63, 3.8) is 0 Å². The highest BCUT2D eigenvalue weighted by molar-refractivity contribution is 6.03. The maximum Gasteiger partial charge on any atom is 0.326 e. The van der Waals surface area contributed by atoms with Crippen molar-refractivity contribution < 1.29 is 14.3 Å². The van der Waals surface area contributed by atoms with E-state index in [0.717, 1.165) is 60.7 Å². The minimum atomic E-state index is -0.170. The summed E-state index contributed by atoms with van der Waals surface area (Å²) in [5.41, 5.74) is 3.50. The fourth-order valence-corrected chi connectivity index (χ4v) is 4.91. The SMILES string of the molecule is CCC1CN(C(=O)Nc2ccccc2)c2ccc(-c3ccc(N4CCC(C(C)=O)CC4)nc3)cc2O1. The van der Waals surface area contributed by atoms with Crippen LogP contribution >= 0.6 is 0 Å². The van der Waals surface area contributed by atoms with Crippen molar-refractivity contribution in [3.8, 4) is 16.9 Å². The summed E-state index contributed by atoms with van der Waals surface area (Å²) in [5, 5.41) is 2.99. The van der Waals surface area contributed by atoms with Crippen LogP contribution in [0.15, 0.2) is 66.9 Å². The third-order valence-electron chi connectivity index (χ3n) is 7.13. The fourth-order valence-electron chi connectivity index (χ4n) is 4.91. The van der Waals surface area contributed by atoms with E-state index in [1.165, 1.54) is 0 Å². The lowest BCUT2D eigenvalue weighted by Gasteiger charge is -2.35. The van der Waals surface area contributed by atoms with Crippen molar-refractivity contribution in [3.05, 3.63) is 66.9 Å². The van der Waals surface area contributed by atoms with Crippen molar-refractivity contribution >= 4 is 29.0 Å². The molecule has 1 fully saturated rings. The predicted molar refractivity (Wildman–Crippen MR) is 143 cm³/mol. The number of para-hydroxylation sites is 1. The zero-order chi connectivity index (χ0) is 25.1. The molecule has 0 spiro atoms. The number of carbonyl (C=O) groups is 2. The molecule has 5 rings (SSSR count). The summed E-state index contributed by atoms with van der Waals surface area (Å²) < 4.78 is 6.24. The molecule has 3 heterocycles. The number of carbonyl (C=O) groups excluding carboxylic acids is 2. The molecule has 0 saturated carbocycles. The molecule has 2 aliphatic heterocycles. The van der Waals surface area contributed by atoms with Gasteiger partial charge in [-0.05, 0) is 68.1 Å². The molecular weight excluding hydrogens is 452 g/mol. The van der Waals surface area contributed by atoms with Gasteiger partial charge in [-0.3, -0.25) is 9.69 Å². The van der Waals surface area contributed by atoms with Gasteiger partial charge in [-0.1, -0.05) is 31.2 Å². The second-order valence-electron chi connectivity index (χ2n) is 9.51. The maximum absolute atomic E-state index is 13.1. The van der Waals surface area contributed by atoms with E-state index in [1.54, 1.807) is 11.8 Å². The van der Waals surface area contributed by atoms with Crippen LogP contribution in [-0.4, -0.2) is 42.5 Å². The Labute approximate surface area is 212 Å². The molecule has 3 aromatic rings. The van der Waals surface area contributed by atoms with Gasteiger partial charge in [0.1, 0.15) is 23.5 Å². The summed E-state index contributed by atoms with van der Waals surface area (Å²) in [5.74, 6) is 2.10. The Morgan fingerprint density at radius 1 is 1.03 bits per heavy atom. The van der Waals surface area contributed by atoms with Crippen molar-refractivity contribution in [2.45, 2.75) is 39.2 Å². The summed E-state index contributed by atoms with van der Waals surface area (Å²) in [6.07, 6.45) is 4.37. The number of anilines is 3. The normalized spacial score (nSPS) is 17.8. The average Bonchev–Trinajstić information content (AvgIpc) is 2.92. The molecule has 0 bridgehead atoms. The second-order valence-corrected chi connectivity index (χ2v) is 9.51. The average molecular weight is 485 g/mol. The van der Waals surface area contributed by atoms with Crippen LogP contribution in [0.25, 0.3) is 11.1 Å². The molecule has 1 atom stereocenters. The molecule has 1 saturated heterocycles. The number of nitrogens with one attached hydrogen (secondary N) is 1. The molecule has 1 N–H and O–H groups in total. The lowest BCUT2D eigenvalue weighted by molar-refractivity contribution is -0.121. The standard InChI is InChI=1S/C29H32N4O3/c1-3-25-19-33(29(35)31-24-7-5-4-6-8-24)26-11-9-22(17-27(26)36-25)23-10-12-28(30-18-23)32-15-13-21(14-16-32)20(2)34/h4-12,17-18,21,25H,3,13-16,19H2,1-2H3,(H,31,35). The number of aromatic nitrogens is 1. The highest BCUT2D eigenvalue weighted by atomic mass is 16.5. The third kappa shape index (κ3) is 5.05. The number of benzene rings is 2. The first kappa shape index (κ1) is 23.9. The zero-order valence-electron chi connectivity index (χ0n) is 20.8. The van der Waals surface area contributed by atoms with E-state index in [2.05, 4.69) is 23.2 Å². The molecule has 1 aromatic heterocycles. The van der Waals surface area contributed by atoms with E-state index >= 15 is 0 Å². The van der Waals surface area contributed by atoms with E-state index in [-0.39, 0.29) is 23.8 Å². The van der Waals surface area contributed by atoms with Crippen molar-refractivity contribution in [2.75, 3.05) is 34.8 Å². The summed E-state index contributed by atoms with van der Waals surface area (Å²) in [7, 11) is 0. The van der Waals surface area contributed by atoms with E-state index in [0.29, 0.717) is 12.3 Å². The van der Waals surface area contributed by atoms with E-state index in [4.69, 9.17) is 9.72 Å². The first-order valence-corrected chi connectivity index (χ1v) is 12.7. The van der Waals surface area contributed by atoms with Crippen molar-refractivity contribution in [1.29, 1.82) is 0 Å². The molecule has 0 aliphatic carbocycles. The van der Waals surface area contributed by atoms with Crippen molar-refractivity contribution in [2.24, 2.45) is 5.92 Å². The van der Waals surface area contributed by atoms with Gasteiger partial charge in [-0.2, -0.15) is 0 Å². The molecule has 2 aliphatic rings. The Hall–Kier alpha value is -3.87. The van der Waals surface area contributed by atoms with Crippen LogP contribution in [0, 0.1) is 5.92 Å². The van der Waals surface area contributed by atoms with Gasteiger partial charge in [0.05, 0.1) is 12.2 Å². The number of hydrogen-bond acceptors (Lipinski definition) is 5. The van der Waals surface area contributed by atoms with Crippen LogP contribution in [0.3, 0.4) is 0 Å². The number of fused-ring (bicyclic) bond motifs is 1. The Morgan fingerprint density at radius 3 is 2.44 bits per heavy atom. The van der Waals surface area contributed by atoms with Gasteiger partial charge in [-0.15, -0.1) is 0 Å². The van der Waals surface area contributed by atoms with Crippen LogP contribution in [-0.2, 0) is 4.79 Å². The predicted octanol–water partition coefficient (Wildman–Crippen LogP) is 5.76. The van der Waals surface area contributed by atoms with E-state index < -0.39 is 0 Å². The van der Waals surface area contributed by atoms with E-state index in [9.17, 15) is 9.59 Å². The first-order chi connectivity index (χ1) is 17.5. The summed E-state index contributed by atoms with van der Waals surface area (Å²) >= 11 is 0. The molecule has 36 heavy (non-hydrogen) atoms. The third-order valence-corrected chi connectivity index (χ3v) is 7.13. The van der Waals surface area contributed by atoms with Crippen LogP contribution in [0.4, 0.5) is 22.0 Å². The highest BCUT2D eigenvalue weighted by Crippen LogP contribution is 2.38. The molecule has 186 valence electrons. The zero-order valence-corrected chi connectivity index (χ0v) is 20.8. The number of Topliss-reactive ketones (excluding diaryl/α,β-unsaturated/α-hetero) is 1.